The van der Waals surface area contributed by atoms with Crippen LogP contribution in [0.15, 0.2) is 5.38 Å². The Kier molecular flexibility index (Phi) is 4.54. The maximum atomic E-state index is 12.0. The van der Waals surface area contributed by atoms with Crippen LogP contribution in [0.2, 0.25) is 0 Å². The average Bonchev–Trinajstić information content (AvgIpc) is 2.99. The molecule has 1 fully saturated rings. The number of hydrogen-bond donors (Lipinski definition) is 3. The van der Waals surface area contributed by atoms with E-state index >= 15 is 0 Å². The Morgan fingerprint density at radius 2 is 2.14 bits per heavy atom. The van der Waals surface area contributed by atoms with E-state index in [1.807, 2.05) is 0 Å². The van der Waals surface area contributed by atoms with E-state index in [1.165, 1.54) is 11.3 Å². The Morgan fingerprint density at radius 1 is 1.48 bits per heavy atom. The van der Waals surface area contributed by atoms with Crippen LogP contribution in [0, 0.1) is 0 Å². The molecule has 0 aliphatic heterocycles. The van der Waals surface area contributed by atoms with E-state index in [1.54, 1.807) is 19.2 Å². The molecular formula is C12H20N4O3S2. The summed E-state index contributed by atoms with van der Waals surface area (Å²) >= 11 is 1.40. The van der Waals surface area contributed by atoms with Gasteiger partial charge in [-0.2, -0.15) is 0 Å². The third-order valence-electron chi connectivity index (χ3n) is 2.79. The second-order valence-electron chi connectivity index (χ2n) is 5.90. The molecule has 21 heavy (non-hydrogen) atoms. The predicted octanol–water partition coefficient (Wildman–Crippen LogP) is 0.775. The van der Waals surface area contributed by atoms with E-state index in [-0.39, 0.29) is 12.5 Å². The number of nitrogens with one attached hydrogen (secondary N) is 3. The fraction of sp³-hybridized carbons (Fsp3) is 0.667. The van der Waals surface area contributed by atoms with E-state index < -0.39 is 15.6 Å². The number of aromatic nitrogens is 1. The first kappa shape index (κ1) is 16.2. The third-order valence-corrected chi connectivity index (χ3v) is 4.49. The molecule has 0 saturated heterocycles. The number of amides is 1. The number of rotatable bonds is 7. The van der Waals surface area contributed by atoms with Crippen LogP contribution < -0.4 is 15.4 Å². The molecular weight excluding hydrogens is 312 g/mol. The highest BCUT2D eigenvalue weighted by atomic mass is 32.2. The smallest absolute Gasteiger partial charge is 0.270 e. The van der Waals surface area contributed by atoms with Gasteiger partial charge in [0, 0.05) is 23.5 Å². The van der Waals surface area contributed by atoms with Gasteiger partial charge in [-0.3, -0.25) is 4.79 Å². The second kappa shape index (κ2) is 5.90. The Labute approximate surface area is 128 Å². The summed E-state index contributed by atoms with van der Waals surface area (Å²) in [5.41, 5.74) is -0.410. The Morgan fingerprint density at radius 3 is 2.71 bits per heavy atom. The molecule has 1 aliphatic carbocycles. The van der Waals surface area contributed by atoms with Crippen molar-refractivity contribution in [3.63, 3.8) is 0 Å². The minimum atomic E-state index is -3.32. The minimum absolute atomic E-state index is 0.182. The van der Waals surface area contributed by atoms with Crippen LogP contribution in [-0.2, 0) is 10.0 Å². The van der Waals surface area contributed by atoms with Crippen molar-refractivity contribution in [3.05, 3.63) is 11.1 Å². The first-order valence-corrected chi connectivity index (χ1v) is 9.41. The van der Waals surface area contributed by atoms with E-state index in [0.717, 1.165) is 24.2 Å². The van der Waals surface area contributed by atoms with Crippen molar-refractivity contribution in [3.8, 4) is 0 Å². The monoisotopic (exact) mass is 332 g/mol. The normalized spacial score (nSPS) is 15.8. The highest BCUT2D eigenvalue weighted by Crippen LogP contribution is 2.26. The SMILES string of the molecule is CC(C)(CNC(=O)c1csc(NC2CC2)n1)NS(C)(=O)=O. The third kappa shape index (κ3) is 5.60. The molecule has 118 valence electrons. The van der Waals surface area contributed by atoms with Crippen molar-refractivity contribution >= 4 is 32.4 Å². The van der Waals surface area contributed by atoms with Gasteiger partial charge in [0.25, 0.3) is 5.91 Å². The Balaban J connectivity index is 1.87. The number of hydrogen-bond acceptors (Lipinski definition) is 6. The van der Waals surface area contributed by atoms with Gasteiger partial charge in [-0.05, 0) is 26.7 Å². The van der Waals surface area contributed by atoms with E-state index in [9.17, 15) is 13.2 Å². The maximum Gasteiger partial charge on any atom is 0.270 e. The van der Waals surface area contributed by atoms with Gasteiger partial charge in [-0.1, -0.05) is 0 Å². The zero-order chi connectivity index (χ0) is 15.7. The lowest BCUT2D eigenvalue weighted by Gasteiger charge is -2.25. The summed E-state index contributed by atoms with van der Waals surface area (Å²) in [7, 11) is -3.32. The van der Waals surface area contributed by atoms with E-state index in [4.69, 9.17) is 0 Å². The van der Waals surface area contributed by atoms with Gasteiger partial charge in [0.15, 0.2) is 5.13 Å². The molecule has 0 unspecified atom stereocenters. The van der Waals surface area contributed by atoms with Crippen LogP contribution in [0.3, 0.4) is 0 Å². The van der Waals surface area contributed by atoms with Gasteiger partial charge >= 0.3 is 0 Å². The van der Waals surface area contributed by atoms with E-state index in [0.29, 0.717) is 11.7 Å². The molecule has 1 aromatic heterocycles. The molecule has 1 heterocycles. The van der Waals surface area contributed by atoms with Gasteiger partial charge in [-0.15, -0.1) is 11.3 Å². The minimum Gasteiger partial charge on any atom is -0.359 e. The van der Waals surface area contributed by atoms with E-state index in [2.05, 4.69) is 20.3 Å². The summed E-state index contributed by atoms with van der Waals surface area (Å²) < 4.78 is 24.9. The lowest BCUT2D eigenvalue weighted by molar-refractivity contribution is 0.0940. The number of carbonyl (C=O) groups is 1. The van der Waals surface area contributed by atoms with Crippen molar-refractivity contribution < 1.29 is 13.2 Å². The summed E-state index contributed by atoms with van der Waals surface area (Å²) in [6, 6.07) is 0.491. The largest absolute Gasteiger partial charge is 0.359 e. The molecule has 0 aromatic carbocycles. The molecule has 1 saturated carbocycles. The molecule has 2 rings (SSSR count). The number of thiazole rings is 1. The average molecular weight is 332 g/mol. The van der Waals surface area contributed by atoms with Crippen LogP contribution in [0.1, 0.15) is 37.2 Å². The van der Waals surface area contributed by atoms with Crippen LogP contribution >= 0.6 is 11.3 Å². The van der Waals surface area contributed by atoms with Crippen molar-refractivity contribution in [1.29, 1.82) is 0 Å². The number of nitrogens with zero attached hydrogens (tertiary/aromatic N) is 1. The van der Waals surface area contributed by atoms with Crippen LogP contribution in [0.25, 0.3) is 0 Å². The fourth-order valence-corrected chi connectivity index (χ4v) is 3.62. The Bertz CT molecular complexity index is 620. The van der Waals surface area contributed by atoms with Crippen molar-refractivity contribution in [1.82, 2.24) is 15.0 Å². The molecule has 0 bridgehead atoms. The summed E-state index contributed by atoms with van der Waals surface area (Å²) in [4.78, 5) is 16.2. The maximum absolute atomic E-state index is 12.0. The number of anilines is 1. The molecule has 3 N–H and O–H groups in total. The Hall–Kier alpha value is -1.19. The summed E-state index contributed by atoms with van der Waals surface area (Å²) in [5, 5.41) is 8.36. The standard InChI is InChI=1S/C12H20N4O3S2/c1-12(2,16-21(3,18)19)7-13-10(17)9-6-20-11(15-9)14-8-4-5-8/h6,8,16H,4-5,7H2,1-3H3,(H,13,17)(H,14,15). The molecule has 0 radical (unpaired) electrons. The molecule has 1 aromatic rings. The van der Waals surface area contributed by atoms with Crippen LogP contribution in [0.4, 0.5) is 5.13 Å². The lowest BCUT2D eigenvalue weighted by atomic mass is 10.1. The molecule has 1 amide bonds. The first-order valence-electron chi connectivity index (χ1n) is 6.64. The molecule has 0 spiro atoms. The van der Waals surface area contributed by atoms with Gasteiger partial charge in [0.05, 0.1) is 6.26 Å². The summed E-state index contributed by atoms with van der Waals surface area (Å²) in [6.45, 7) is 3.59. The zero-order valence-electron chi connectivity index (χ0n) is 12.3. The number of carbonyl (C=O) groups excluding carboxylic acids is 1. The number of sulfonamides is 1. The summed E-state index contributed by atoms with van der Waals surface area (Å²) in [5.74, 6) is -0.307. The topological polar surface area (TPSA) is 100 Å². The van der Waals surface area contributed by atoms with Gasteiger partial charge in [0.1, 0.15) is 5.69 Å². The van der Waals surface area contributed by atoms with Gasteiger partial charge in [-0.25, -0.2) is 18.1 Å². The quantitative estimate of drug-likeness (QED) is 0.685. The van der Waals surface area contributed by atoms with Crippen LogP contribution in [0.5, 0.6) is 0 Å². The second-order valence-corrected chi connectivity index (χ2v) is 8.50. The molecule has 7 nitrogen and oxygen atoms in total. The first-order chi connectivity index (χ1) is 9.65. The van der Waals surface area contributed by atoms with Crippen molar-refractivity contribution in [2.24, 2.45) is 0 Å². The van der Waals surface area contributed by atoms with Gasteiger partial charge < -0.3 is 10.6 Å². The zero-order valence-corrected chi connectivity index (χ0v) is 13.9. The highest BCUT2D eigenvalue weighted by molar-refractivity contribution is 7.88. The predicted molar refractivity (Wildman–Crippen MR) is 83.2 cm³/mol. The summed E-state index contributed by atoms with van der Waals surface area (Å²) in [6.07, 6.45) is 3.38. The van der Waals surface area contributed by atoms with Crippen molar-refractivity contribution in [2.75, 3.05) is 18.1 Å². The molecule has 9 heteroatoms. The van der Waals surface area contributed by atoms with Crippen molar-refractivity contribution in [2.45, 2.75) is 38.3 Å². The fourth-order valence-electron chi connectivity index (χ4n) is 1.78. The van der Waals surface area contributed by atoms with Gasteiger partial charge in [0.2, 0.25) is 10.0 Å². The molecule has 0 atom stereocenters. The highest BCUT2D eigenvalue weighted by Gasteiger charge is 2.25. The van der Waals surface area contributed by atoms with Crippen LogP contribution in [-0.4, -0.2) is 43.7 Å². The molecule has 1 aliphatic rings. The lowest BCUT2D eigenvalue weighted by Crippen LogP contribution is -2.51.